The van der Waals surface area contributed by atoms with E-state index in [2.05, 4.69) is 10.6 Å². The highest BCUT2D eigenvalue weighted by Crippen LogP contribution is 2.39. The molecule has 0 saturated heterocycles. The molecule has 0 radical (unpaired) electrons. The van der Waals surface area contributed by atoms with E-state index in [1.165, 1.54) is 115 Å². The summed E-state index contributed by atoms with van der Waals surface area (Å²) in [5, 5.41) is 5.46. The summed E-state index contributed by atoms with van der Waals surface area (Å²) in [5.74, 6) is 1.03. The summed E-state index contributed by atoms with van der Waals surface area (Å²) in [6.07, 6.45) is 0. The van der Waals surface area contributed by atoms with Crippen LogP contribution in [0, 0.1) is 0 Å². The van der Waals surface area contributed by atoms with Crippen molar-refractivity contribution in [2.75, 3.05) is 53.3 Å². The van der Waals surface area contributed by atoms with Gasteiger partial charge in [-0.15, -0.1) is 0 Å². The Labute approximate surface area is 260 Å². The smallest absolute Gasteiger partial charge is 0.255 e. The van der Waals surface area contributed by atoms with Crippen LogP contribution in [0.5, 0.6) is 34.5 Å². The number of nitrogens with one attached hydrogen (secondary N) is 2. The van der Waals surface area contributed by atoms with Crippen LogP contribution in [0.25, 0.3) is 0 Å². The molecule has 0 aliphatic carbocycles. The number of anilines is 2. The second-order valence-corrected chi connectivity index (χ2v) is 11.2. The summed E-state index contributed by atoms with van der Waals surface area (Å²) in [5.41, 5.74) is 1.24. The number of benzene rings is 4. The van der Waals surface area contributed by atoms with Crippen molar-refractivity contribution < 1.29 is 46.4 Å². The fourth-order valence-corrected chi connectivity index (χ4v) is 5.66. The minimum atomic E-state index is -3.90. The molecular formula is C32H32N2O10S. The Morgan fingerprint density at radius 1 is 0.489 bits per heavy atom. The molecule has 0 unspecified atom stereocenters. The molecule has 0 atom stereocenters. The van der Waals surface area contributed by atoms with E-state index in [1.54, 1.807) is 0 Å². The molecule has 4 aromatic rings. The predicted octanol–water partition coefficient (Wildman–Crippen LogP) is 5.08. The largest absolute Gasteiger partial charge is 0.493 e. The summed E-state index contributed by atoms with van der Waals surface area (Å²) in [6.45, 7) is 0. The highest BCUT2D eigenvalue weighted by molar-refractivity contribution is 7.91. The third-order valence-electron chi connectivity index (χ3n) is 6.70. The maximum absolute atomic E-state index is 13.3. The number of hydrogen-bond acceptors (Lipinski definition) is 10. The van der Waals surface area contributed by atoms with Crippen LogP contribution in [0.2, 0.25) is 0 Å². The first-order chi connectivity index (χ1) is 21.6. The molecule has 45 heavy (non-hydrogen) atoms. The van der Waals surface area contributed by atoms with Crippen LogP contribution < -0.4 is 39.1 Å². The molecule has 12 nitrogen and oxygen atoms in total. The van der Waals surface area contributed by atoms with Crippen LogP contribution >= 0.6 is 0 Å². The van der Waals surface area contributed by atoms with Crippen LogP contribution in [0.3, 0.4) is 0 Å². The molecule has 0 spiro atoms. The van der Waals surface area contributed by atoms with Crippen molar-refractivity contribution in [1.82, 2.24) is 0 Å². The minimum absolute atomic E-state index is 0.0162. The van der Waals surface area contributed by atoms with Crippen LogP contribution in [0.15, 0.2) is 82.6 Å². The van der Waals surface area contributed by atoms with Crippen molar-refractivity contribution in [2.45, 2.75) is 9.79 Å². The molecule has 0 bridgehead atoms. The van der Waals surface area contributed by atoms with Gasteiger partial charge < -0.3 is 39.1 Å². The zero-order valence-corrected chi connectivity index (χ0v) is 26.2. The SMILES string of the molecule is COc1cc(C(=O)Nc2ccc(S(=O)(=O)c3ccc(NC(=O)c4cc(OC)c(OC)c(OC)c4)cc3)cc2)cc(OC)c1OC. The maximum atomic E-state index is 13.3. The average molecular weight is 637 g/mol. The number of amides is 2. The molecule has 2 amide bonds. The van der Waals surface area contributed by atoms with Gasteiger partial charge in [-0.1, -0.05) is 0 Å². The third kappa shape index (κ3) is 6.88. The first-order valence-electron chi connectivity index (χ1n) is 13.3. The van der Waals surface area contributed by atoms with Crippen molar-refractivity contribution in [3.8, 4) is 34.5 Å². The molecule has 0 aliphatic heterocycles. The number of hydrogen-bond donors (Lipinski definition) is 2. The standard InChI is InChI=1S/C32H32N2O10S/c1-39-25-15-19(16-26(40-2)29(25)43-5)31(35)33-21-7-11-23(12-8-21)45(37,38)24-13-9-22(10-14-24)34-32(36)20-17-27(41-3)30(44-6)28(18-20)42-4/h7-18H,1-6H3,(H,33,35)(H,34,36). The first kappa shape index (κ1) is 32.5. The number of ether oxygens (including phenoxy) is 6. The molecular weight excluding hydrogens is 604 g/mol. The quantitative estimate of drug-likeness (QED) is 0.216. The summed E-state index contributed by atoms with van der Waals surface area (Å²) < 4.78 is 58.4. The normalized spacial score (nSPS) is 10.8. The summed E-state index contributed by atoms with van der Waals surface area (Å²) >= 11 is 0. The van der Waals surface area contributed by atoms with Gasteiger partial charge in [0.15, 0.2) is 23.0 Å². The molecule has 13 heteroatoms. The van der Waals surface area contributed by atoms with Crippen molar-refractivity contribution in [1.29, 1.82) is 0 Å². The summed E-state index contributed by atoms with van der Waals surface area (Å²) in [4.78, 5) is 25.9. The van der Waals surface area contributed by atoms with Crippen LogP contribution in [0.4, 0.5) is 11.4 Å². The lowest BCUT2D eigenvalue weighted by molar-refractivity contribution is 0.101. The zero-order valence-electron chi connectivity index (χ0n) is 25.4. The second kappa shape index (κ2) is 13.9. The molecule has 0 aliphatic rings. The van der Waals surface area contributed by atoms with Gasteiger partial charge in [0, 0.05) is 22.5 Å². The fraction of sp³-hybridized carbons (Fsp3) is 0.188. The van der Waals surface area contributed by atoms with E-state index in [1.807, 2.05) is 0 Å². The Bertz CT molecular complexity index is 1630. The van der Waals surface area contributed by atoms with Crippen molar-refractivity contribution in [3.05, 3.63) is 83.9 Å². The highest BCUT2D eigenvalue weighted by Gasteiger charge is 2.21. The summed E-state index contributed by atoms with van der Waals surface area (Å²) in [6, 6.07) is 17.5. The van der Waals surface area contributed by atoms with Gasteiger partial charge in [-0.05, 0) is 72.8 Å². The van der Waals surface area contributed by atoms with E-state index in [9.17, 15) is 18.0 Å². The second-order valence-electron chi connectivity index (χ2n) is 9.29. The summed E-state index contributed by atoms with van der Waals surface area (Å²) in [7, 11) is 4.79. The Kier molecular flexibility index (Phi) is 10.0. The molecule has 236 valence electrons. The van der Waals surface area contributed by atoms with Gasteiger partial charge in [-0.25, -0.2) is 8.42 Å². The van der Waals surface area contributed by atoms with Gasteiger partial charge in [-0.2, -0.15) is 0 Å². The molecule has 0 saturated carbocycles. The number of rotatable bonds is 12. The lowest BCUT2D eigenvalue weighted by Gasteiger charge is -2.14. The van der Waals surface area contributed by atoms with Crippen molar-refractivity contribution in [3.63, 3.8) is 0 Å². The topological polar surface area (TPSA) is 148 Å². The van der Waals surface area contributed by atoms with Crippen LogP contribution in [-0.2, 0) is 9.84 Å². The number of methoxy groups -OCH3 is 6. The molecule has 0 fully saturated rings. The van der Waals surface area contributed by atoms with Crippen LogP contribution in [0.1, 0.15) is 20.7 Å². The van der Waals surface area contributed by atoms with Gasteiger partial charge in [0.25, 0.3) is 11.8 Å². The van der Waals surface area contributed by atoms with E-state index >= 15 is 0 Å². The van der Waals surface area contributed by atoms with Crippen LogP contribution in [-0.4, -0.2) is 62.9 Å². The monoisotopic (exact) mass is 636 g/mol. The number of carbonyl (C=O) groups excluding carboxylic acids is 2. The average Bonchev–Trinajstić information content (AvgIpc) is 3.07. The number of sulfone groups is 1. The maximum Gasteiger partial charge on any atom is 0.255 e. The number of carbonyl (C=O) groups is 2. The van der Waals surface area contributed by atoms with Crippen molar-refractivity contribution >= 4 is 33.0 Å². The van der Waals surface area contributed by atoms with E-state index in [0.29, 0.717) is 45.9 Å². The van der Waals surface area contributed by atoms with Gasteiger partial charge in [0.2, 0.25) is 21.3 Å². The molecule has 4 rings (SSSR count). The van der Waals surface area contributed by atoms with Gasteiger partial charge in [0.1, 0.15) is 0 Å². The zero-order chi connectivity index (χ0) is 32.7. The molecule has 0 heterocycles. The van der Waals surface area contributed by atoms with E-state index < -0.39 is 21.7 Å². The van der Waals surface area contributed by atoms with Crippen molar-refractivity contribution in [2.24, 2.45) is 0 Å². The van der Waals surface area contributed by atoms with Gasteiger partial charge in [0.05, 0.1) is 52.4 Å². The first-order valence-corrected chi connectivity index (χ1v) is 14.8. The predicted molar refractivity (Wildman–Crippen MR) is 166 cm³/mol. The van der Waals surface area contributed by atoms with E-state index in [-0.39, 0.29) is 20.9 Å². The fourth-order valence-electron chi connectivity index (χ4n) is 4.40. The Hall–Kier alpha value is -5.43. The Balaban J connectivity index is 1.47. The highest BCUT2D eigenvalue weighted by atomic mass is 32.2. The molecule has 0 aromatic heterocycles. The molecule has 4 aromatic carbocycles. The Morgan fingerprint density at radius 2 is 0.778 bits per heavy atom. The van der Waals surface area contributed by atoms with Gasteiger partial charge >= 0.3 is 0 Å². The van der Waals surface area contributed by atoms with E-state index in [0.717, 1.165) is 0 Å². The Morgan fingerprint density at radius 3 is 1.02 bits per heavy atom. The van der Waals surface area contributed by atoms with Gasteiger partial charge in [-0.3, -0.25) is 9.59 Å². The third-order valence-corrected chi connectivity index (χ3v) is 8.48. The lowest BCUT2D eigenvalue weighted by Crippen LogP contribution is -2.13. The van der Waals surface area contributed by atoms with E-state index in [4.69, 9.17) is 28.4 Å². The molecule has 2 N–H and O–H groups in total. The minimum Gasteiger partial charge on any atom is -0.493 e. The lowest BCUT2D eigenvalue weighted by atomic mass is 10.1.